The van der Waals surface area contributed by atoms with Crippen LogP contribution in [0.4, 0.5) is 4.39 Å². The normalized spacial score (nSPS) is 10.3. The highest BCUT2D eigenvalue weighted by Gasteiger charge is 2.09. The van der Waals surface area contributed by atoms with Crippen molar-refractivity contribution in [3.63, 3.8) is 0 Å². The van der Waals surface area contributed by atoms with E-state index in [0.29, 0.717) is 21.9 Å². The van der Waals surface area contributed by atoms with Gasteiger partial charge in [-0.25, -0.2) is 10.2 Å². The molecule has 2 aromatic carbocycles. The molecular formula is C14H12ClFN2OS. The molecule has 20 heavy (non-hydrogen) atoms. The SMILES string of the molecule is NNC(=O)c1ccc(F)c(CSc2cccc(Cl)c2)c1. The lowest BCUT2D eigenvalue weighted by atomic mass is 10.1. The van der Waals surface area contributed by atoms with Crippen molar-refractivity contribution in [2.75, 3.05) is 0 Å². The predicted molar refractivity (Wildman–Crippen MR) is 79.1 cm³/mol. The molecule has 6 heteroatoms. The number of carbonyl (C=O) groups is 1. The Morgan fingerprint density at radius 3 is 2.80 bits per heavy atom. The second kappa shape index (κ2) is 6.74. The zero-order chi connectivity index (χ0) is 14.5. The maximum absolute atomic E-state index is 13.7. The Balaban J connectivity index is 2.14. The van der Waals surface area contributed by atoms with Gasteiger partial charge >= 0.3 is 0 Å². The minimum absolute atomic E-state index is 0.329. The number of amides is 1. The smallest absolute Gasteiger partial charge is 0.265 e. The van der Waals surface area contributed by atoms with Crippen LogP contribution in [-0.4, -0.2) is 5.91 Å². The number of rotatable bonds is 4. The molecule has 0 saturated carbocycles. The molecule has 0 radical (unpaired) electrons. The van der Waals surface area contributed by atoms with Gasteiger partial charge in [-0.1, -0.05) is 17.7 Å². The summed E-state index contributed by atoms with van der Waals surface area (Å²) in [7, 11) is 0. The van der Waals surface area contributed by atoms with Crippen molar-refractivity contribution in [1.82, 2.24) is 5.43 Å². The number of hydrazine groups is 1. The molecule has 0 bridgehead atoms. The summed E-state index contributed by atoms with van der Waals surface area (Å²) in [5.41, 5.74) is 2.79. The highest BCUT2D eigenvalue weighted by Crippen LogP contribution is 2.26. The average molecular weight is 311 g/mol. The molecule has 0 unspecified atom stereocenters. The van der Waals surface area contributed by atoms with Crippen molar-refractivity contribution in [2.24, 2.45) is 5.84 Å². The maximum atomic E-state index is 13.7. The summed E-state index contributed by atoms with van der Waals surface area (Å²) >= 11 is 7.33. The number of thioether (sulfide) groups is 1. The highest BCUT2D eigenvalue weighted by molar-refractivity contribution is 7.98. The number of halogens is 2. The van der Waals surface area contributed by atoms with E-state index in [1.54, 1.807) is 12.1 Å². The third-order valence-corrected chi connectivity index (χ3v) is 3.91. The number of nitrogens with two attached hydrogens (primary N) is 1. The number of hydrogen-bond donors (Lipinski definition) is 2. The molecular weight excluding hydrogens is 299 g/mol. The first-order chi connectivity index (χ1) is 9.60. The van der Waals surface area contributed by atoms with Crippen LogP contribution in [0.3, 0.4) is 0 Å². The summed E-state index contributed by atoms with van der Waals surface area (Å²) < 4.78 is 13.7. The van der Waals surface area contributed by atoms with Crippen molar-refractivity contribution in [3.8, 4) is 0 Å². The third kappa shape index (κ3) is 3.72. The fourth-order valence-electron chi connectivity index (χ4n) is 1.63. The molecule has 0 fully saturated rings. The second-order valence-electron chi connectivity index (χ2n) is 4.03. The lowest BCUT2D eigenvalue weighted by Crippen LogP contribution is -2.30. The fraction of sp³-hybridized carbons (Fsp3) is 0.0714. The van der Waals surface area contributed by atoms with Gasteiger partial charge in [-0.2, -0.15) is 0 Å². The van der Waals surface area contributed by atoms with Crippen LogP contribution in [0.1, 0.15) is 15.9 Å². The number of hydrogen-bond acceptors (Lipinski definition) is 3. The summed E-state index contributed by atoms with van der Waals surface area (Å²) in [6.45, 7) is 0. The topological polar surface area (TPSA) is 55.1 Å². The van der Waals surface area contributed by atoms with Crippen LogP contribution in [-0.2, 0) is 5.75 Å². The van der Waals surface area contributed by atoms with Crippen LogP contribution < -0.4 is 11.3 Å². The summed E-state index contributed by atoms with van der Waals surface area (Å²) in [6, 6.07) is 11.5. The highest BCUT2D eigenvalue weighted by atomic mass is 35.5. The molecule has 1 amide bonds. The molecule has 0 aliphatic rings. The van der Waals surface area contributed by atoms with Crippen LogP contribution in [0.15, 0.2) is 47.4 Å². The minimum atomic E-state index is -0.445. The largest absolute Gasteiger partial charge is 0.290 e. The molecule has 2 aromatic rings. The summed E-state index contributed by atoms with van der Waals surface area (Å²) in [4.78, 5) is 12.3. The van der Waals surface area contributed by atoms with Crippen LogP contribution >= 0.6 is 23.4 Å². The zero-order valence-electron chi connectivity index (χ0n) is 10.4. The first-order valence-corrected chi connectivity index (χ1v) is 7.14. The van der Waals surface area contributed by atoms with Crippen molar-refractivity contribution in [1.29, 1.82) is 0 Å². The van der Waals surface area contributed by atoms with Crippen LogP contribution in [0.2, 0.25) is 5.02 Å². The Labute approximate surface area is 125 Å². The number of benzene rings is 2. The predicted octanol–water partition coefficient (Wildman–Crippen LogP) is 3.37. The van der Waals surface area contributed by atoms with Gasteiger partial charge in [0.25, 0.3) is 5.91 Å². The average Bonchev–Trinajstić information content (AvgIpc) is 2.45. The molecule has 3 N–H and O–H groups in total. The molecule has 0 aliphatic carbocycles. The molecule has 2 rings (SSSR count). The van der Waals surface area contributed by atoms with Gasteiger partial charge in [-0.3, -0.25) is 10.2 Å². The number of nitrogen functional groups attached to an aromatic ring is 1. The zero-order valence-corrected chi connectivity index (χ0v) is 12.0. The molecule has 0 atom stereocenters. The first-order valence-electron chi connectivity index (χ1n) is 5.78. The van der Waals surface area contributed by atoms with Crippen molar-refractivity contribution >= 4 is 29.3 Å². The molecule has 0 aromatic heterocycles. The second-order valence-corrected chi connectivity index (χ2v) is 5.51. The van der Waals surface area contributed by atoms with Crippen molar-refractivity contribution in [2.45, 2.75) is 10.6 Å². The van der Waals surface area contributed by atoms with Gasteiger partial charge in [0.15, 0.2) is 0 Å². The van der Waals surface area contributed by atoms with E-state index in [1.165, 1.54) is 30.0 Å². The summed E-state index contributed by atoms with van der Waals surface area (Å²) in [6.07, 6.45) is 0. The maximum Gasteiger partial charge on any atom is 0.265 e. The van der Waals surface area contributed by atoms with Gasteiger partial charge in [-0.15, -0.1) is 11.8 Å². The fourth-order valence-corrected chi connectivity index (χ4v) is 2.81. The Kier molecular flexibility index (Phi) is 5.00. The van der Waals surface area contributed by atoms with Crippen LogP contribution in [0.5, 0.6) is 0 Å². The van der Waals surface area contributed by atoms with E-state index in [1.807, 2.05) is 17.6 Å². The van der Waals surface area contributed by atoms with Crippen LogP contribution in [0.25, 0.3) is 0 Å². The minimum Gasteiger partial charge on any atom is -0.290 e. The van der Waals surface area contributed by atoms with Crippen LogP contribution in [0, 0.1) is 5.82 Å². The van der Waals surface area contributed by atoms with Gasteiger partial charge in [-0.05, 0) is 42.0 Å². The van der Waals surface area contributed by atoms with E-state index in [4.69, 9.17) is 17.4 Å². The van der Waals surface area contributed by atoms with Gasteiger partial charge in [0.1, 0.15) is 5.82 Å². The summed E-state index contributed by atoms with van der Waals surface area (Å²) in [5, 5.41) is 0.631. The molecule has 0 aliphatic heterocycles. The van der Waals surface area contributed by atoms with Gasteiger partial charge in [0.2, 0.25) is 0 Å². The van der Waals surface area contributed by atoms with E-state index < -0.39 is 5.91 Å². The first kappa shape index (κ1) is 14.8. The van der Waals surface area contributed by atoms with Gasteiger partial charge in [0, 0.05) is 21.2 Å². The Morgan fingerprint density at radius 1 is 1.30 bits per heavy atom. The van der Waals surface area contributed by atoms with E-state index in [9.17, 15) is 9.18 Å². The lowest BCUT2D eigenvalue weighted by molar-refractivity contribution is 0.0953. The number of carbonyl (C=O) groups excluding carboxylic acids is 1. The van der Waals surface area contributed by atoms with E-state index in [0.717, 1.165) is 4.90 Å². The monoisotopic (exact) mass is 310 g/mol. The van der Waals surface area contributed by atoms with Gasteiger partial charge < -0.3 is 0 Å². The lowest BCUT2D eigenvalue weighted by Gasteiger charge is -2.06. The van der Waals surface area contributed by atoms with Crippen molar-refractivity contribution in [3.05, 3.63) is 64.4 Å². The Morgan fingerprint density at radius 2 is 2.10 bits per heavy atom. The molecule has 0 heterocycles. The van der Waals surface area contributed by atoms with Crippen molar-refractivity contribution < 1.29 is 9.18 Å². The Hall–Kier alpha value is -1.56. The molecule has 3 nitrogen and oxygen atoms in total. The van der Waals surface area contributed by atoms with E-state index in [-0.39, 0.29) is 5.82 Å². The Bertz CT molecular complexity index is 636. The van der Waals surface area contributed by atoms with E-state index >= 15 is 0 Å². The molecule has 0 spiro atoms. The molecule has 0 saturated heterocycles. The standard InChI is InChI=1S/C14H12ClFN2OS/c15-11-2-1-3-12(7-11)20-8-10-6-9(14(19)18-17)4-5-13(10)16/h1-7H,8,17H2,(H,18,19). The molecule has 104 valence electrons. The summed E-state index contributed by atoms with van der Waals surface area (Å²) in [5.74, 6) is 4.66. The van der Waals surface area contributed by atoms with Gasteiger partial charge in [0.05, 0.1) is 0 Å². The van der Waals surface area contributed by atoms with E-state index in [2.05, 4.69) is 0 Å². The quantitative estimate of drug-likeness (QED) is 0.394. The number of nitrogens with one attached hydrogen (secondary N) is 1. The third-order valence-electron chi connectivity index (χ3n) is 2.63.